The molecular weight excluding hydrogens is 693 g/mol. The first-order valence-electron chi connectivity index (χ1n) is 19.5. The predicted molar refractivity (Wildman–Crippen MR) is 236 cm³/mol. The molecular formula is C53H38N4. The number of benzene rings is 6. The zero-order chi connectivity index (χ0) is 38.1. The number of pyridine rings is 2. The Morgan fingerprint density at radius 1 is 0.509 bits per heavy atom. The van der Waals surface area contributed by atoms with Gasteiger partial charge in [-0.05, 0) is 47.2 Å². The molecule has 2 aromatic heterocycles. The van der Waals surface area contributed by atoms with Crippen molar-refractivity contribution in [3.8, 4) is 22.5 Å². The zero-order valence-corrected chi connectivity index (χ0v) is 31.3. The van der Waals surface area contributed by atoms with Crippen molar-refractivity contribution >= 4 is 44.4 Å². The van der Waals surface area contributed by atoms with Gasteiger partial charge in [0.05, 0.1) is 39.5 Å². The molecule has 2 N–H and O–H groups in total. The molecule has 1 aliphatic carbocycles. The van der Waals surface area contributed by atoms with Crippen LogP contribution in [-0.2, 0) is 0 Å². The van der Waals surface area contributed by atoms with Crippen LogP contribution in [0.15, 0.2) is 205 Å². The number of allylic oxidation sites excluding steroid dienone is 5. The van der Waals surface area contributed by atoms with Gasteiger partial charge in [-0.1, -0.05) is 182 Å². The lowest BCUT2D eigenvalue weighted by atomic mass is 9.81. The summed E-state index contributed by atoms with van der Waals surface area (Å²) in [7, 11) is 0. The third-order valence-electron chi connectivity index (χ3n) is 11.0. The van der Waals surface area contributed by atoms with E-state index in [2.05, 4.69) is 133 Å². The molecule has 57 heavy (non-hydrogen) atoms. The third kappa shape index (κ3) is 6.37. The molecule has 0 saturated carbocycles. The number of hydrogen-bond acceptors (Lipinski definition) is 4. The van der Waals surface area contributed by atoms with Gasteiger partial charge in [-0.2, -0.15) is 0 Å². The number of fused-ring (bicyclic) bond motifs is 4. The number of aromatic nitrogens is 2. The van der Waals surface area contributed by atoms with Crippen LogP contribution in [0.1, 0.15) is 40.7 Å². The molecule has 8 aromatic rings. The van der Waals surface area contributed by atoms with Crippen LogP contribution in [0.3, 0.4) is 0 Å². The molecule has 6 aromatic carbocycles. The summed E-state index contributed by atoms with van der Waals surface area (Å²) in [5.74, 6) is 0. The van der Waals surface area contributed by atoms with E-state index < -0.39 is 0 Å². The molecule has 0 saturated heterocycles. The van der Waals surface area contributed by atoms with Crippen LogP contribution in [-0.4, -0.2) is 15.7 Å². The van der Waals surface area contributed by atoms with Crippen LogP contribution >= 0.6 is 0 Å². The first-order valence-corrected chi connectivity index (χ1v) is 19.5. The maximum Gasteiger partial charge on any atom is 0.0972 e. The van der Waals surface area contributed by atoms with Gasteiger partial charge in [0.25, 0.3) is 0 Å². The smallest absolute Gasteiger partial charge is 0.0972 e. The Morgan fingerprint density at radius 3 is 1.65 bits per heavy atom. The highest BCUT2D eigenvalue weighted by Crippen LogP contribution is 2.43. The van der Waals surface area contributed by atoms with Crippen molar-refractivity contribution in [2.24, 2.45) is 0 Å². The maximum absolute atomic E-state index is 9.63. The fraction of sp³-hybridized carbons (Fsp3) is 0.0377. The number of nitrogens with zero attached hydrogens (tertiary/aromatic N) is 2. The van der Waals surface area contributed by atoms with Gasteiger partial charge in [0.1, 0.15) is 0 Å². The summed E-state index contributed by atoms with van der Waals surface area (Å²) in [6, 6.07) is 60.9. The summed E-state index contributed by atoms with van der Waals surface area (Å²) in [6.45, 7) is 0. The Kier molecular flexibility index (Phi) is 8.77. The van der Waals surface area contributed by atoms with Crippen molar-refractivity contribution in [2.45, 2.75) is 12.8 Å². The van der Waals surface area contributed by atoms with E-state index in [0.717, 1.165) is 108 Å². The van der Waals surface area contributed by atoms with E-state index in [1.54, 1.807) is 0 Å². The van der Waals surface area contributed by atoms with Crippen molar-refractivity contribution in [3.05, 3.63) is 233 Å². The summed E-state index contributed by atoms with van der Waals surface area (Å²) < 4.78 is 0. The number of hydrogen-bond donors (Lipinski definition) is 2. The lowest BCUT2D eigenvalue weighted by molar-refractivity contribution is 0.927. The molecule has 2 aliphatic rings. The SMILES string of the molecule is N=C(/C(=C1\NC(C2=CC=CCC2)=C(c2ccc(-c3ccc4ccc5ccc(-c6ccccc6)nc5c4n3)cc2)c2ccccc21)c1ccccc1)c1ccccc1. The van der Waals surface area contributed by atoms with Gasteiger partial charge in [0, 0.05) is 44.2 Å². The second kappa shape index (κ2) is 14.7. The van der Waals surface area contributed by atoms with Gasteiger partial charge in [-0.3, -0.25) is 5.41 Å². The molecule has 0 radical (unpaired) electrons. The van der Waals surface area contributed by atoms with Gasteiger partial charge in [0.15, 0.2) is 0 Å². The maximum atomic E-state index is 9.63. The van der Waals surface area contributed by atoms with Crippen LogP contribution in [0, 0.1) is 5.41 Å². The average molecular weight is 731 g/mol. The van der Waals surface area contributed by atoms with Gasteiger partial charge in [-0.15, -0.1) is 0 Å². The van der Waals surface area contributed by atoms with Crippen molar-refractivity contribution in [3.63, 3.8) is 0 Å². The molecule has 270 valence electrons. The zero-order valence-electron chi connectivity index (χ0n) is 31.3. The molecule has 3 heterocycles. The fourth-order valence-corrected chi connectivity index (χ4v) is 8.13. The molecule has 0 amide bonds. The molecule has 10 rings (SSSR count). The molecule has 1 aliphatic heterocycles. The van der Waals surface area contributed by atoms with Crippen LogP contribution in [0.4, 0.5) is 0 Å². The van der Waals surface area contributed by atoms with E-state index in [1.807, 2.05) is 66.7 Å². The van der Waals surface area contributed by atoms with E-state index in [1.165, 1.54) is 5.57 Å². The van der Waals surface area contributed by atoms with E-state index >= 15 is 0 Å². The molecule has 4 nitrogen and oxygen atoms in total. The number of rotatable bonds is 7. The lowest BCUT2D eigenvalue weighted by Gasteiger charge is -2.31. The Labute approximate surface area is 332 Å². The first-order chi connectivity index (χ1) is 28.2. The third-order valence-corrected chi connectivity index (χ3v) is 11.0. The van der Waals surface area contributed by atoms with Crippen LogP contribution < -0.4 is 5.32 Å². The summed E-state index contributed by atoms with van der Waals surface area (Å²) >= 11 is 0. The average Bonchev–Trinajstić information content (AvgIpc) is 3.30. The summed E-state index contributed by atoms with van der Waals surface area (Å²) in [5.41, 5.74) is 16.7. The summed E-state index contributed by atoms with van der Waals surface area (Å²) in [5, 5.41) is 15.7. The highest BCUT2D eigenvalue weighted by atomic mass is 14.9. The standard InChI is InChI=1S/C53H38N4/c54-49(39-19-9-3-10-20-39)48(37-17-7-2-8-18-37)53-44-24-14-13-23-43(44)47(50(57-53)40-21-11-4-12-22-40)38-27-25-36(26-28-38)46-34-32-42-30-29-41-31-33-45(35-15-5-1-6-16-35)55-51(41)52(42)56-46/h1-11,13-21,23-34,54,57H,12,22H2/b53-48-,54-49?. The Morgan fingerprint density at radius 2 is 1.04 bits per heavy atom. The predicted octanol–water partition coefficient (Wildman–Crippen LogP) is 12.7. The lowest BCUT2D eigenvalue weighted by Crippen LogP contribution is -2.25. The van der Waals surface area contributed by atoms with Crippen LogP contribution in [0.2, 0.25) is 0 Å². The van der Waals surface area contributed by atoms with Crippen molar-refractivity contribution in [1.82, 2.24) is 15.3 Å². The van der Waals surface area contributed by atoms with Gasteiger partial charge in [-0.25, -0.2) is 9.97 Å². The Bertz CT molecular complexity index is 2960. The molecule has 4 heteroatoms. The fourth-order valence-electron chi connectivity index (χ4n) is 8.13. The largest absolute Gasteiger partial charge is 0.354 e. The van der Waals surface area contributed by atoms with Gasteiger partial charge < -0.3 is 5.32 Å². The minimum atomic E-state index is 0.478. The van der Waals surface area contributed by atoms with Crippen molar-refractivity contribution < 1.29 is 0 Å². The highest BCUT2D eigenvalue weighted by Gasteiger charge is 2.29. The molecule has 0 unspecified atom stereocenters. The first kappa shape index (κ1) is 34.1. The monoisotopic (exact) mass is 730 g/mol. The molecule has 0 atom stereocenters. The minimum Gasteiger partial charge on any atom is -0.354 e. The molecule has 0 bridgehead atoms. The van der Waals surface area contributed by atoms with E-state index in [9.17, 15) is 5.41 Å². The molecule has 0 spiro atoms. The normalized spacial score (nSPS) is 14.6. The quantitative estimate of drug-likeness (QED) is 0.127. The number of nitrogens with one attached hydrogen (secondary N) is 2. The van der Waals surface area contributed by atoms with Gasteiger partial charge >= 0.3 is 0 Å². The van der Waals surface area contributed by atoms with E-state index in [-0.39, 0.29) is 0 Å². The van der Waals surface area contributed by atoms with Gasteiger partial charge in [0.2, 0.25) is 0 Å². The van der Waals surface area contributed by atoms with E-state index in [4.69, 9.17) is 9.97 Å². The minimum absolute atomic E-state index is 0.478. The van der Waals surface area contributed by atoms with Crippen molar-refractivity contribution in [2.75, 3.05) is 0 Å². The van der Waals surface area contributed by atoms with Crippen LogP contribution in [0.25, 0.3) is 61.2 Å². The second-order valence-electron chi connectivity index (χ2n) is 14.5. The summed E-state index contributed by atoms with van der Waals surface area (Å²) in [4.78, 5) is 10.4. The highest BCUT2D eigenvalue weighted by molar-refractivity contribution is 6.36. The Balaban J connectivity index is 1.11. The molecule has 0 fully saturated rings. The van der Waals surface area contributed by atoms with Crippen LogP contribution in [0.5, 0.6) is 0 Å². The Hall–Kier alpha value is -7.43. The summed E-state index contributed by atoms with van der Waals surface area (Å²) in [6.07, 6.45) is 8.51. The van der Waals surface area contributed by atoms with Crippen molar-refractivity contribution in [1.29, 1.82) is 5.41 Å². The second-order valence-corrected chi connectivity index (χ2v) is 14.5. The topological polar surface area (TPSA) is 61.7 Å². The van der Waals surface area contributed by atoms with E-state index in [0.29, 0.717) is 5.71 Å².